The molecular weight excluding hydrogens is 258 g/mol. The molecule has 3 heteroatoms. The number of hydrogen-bond acceptors (Lipinski definition) is 2. The van der Waals surface area contributed by atoms with Crippen molar-refractivity contribution in [1.82, 2.24) is 9.55 Å². The van der Waals surface area contributed by atoms with Crippen LogP contribution < -0.4 is 0 Å². The summed E-state index contributed by atoms with van der Waals surface area (Å²) in [7, 11) is 0. The van der Waals surface area contributed by atoms with Gasteiger partial charge in [-0.1, -0.05) is 42.3 Å². The Bertz CT molecular complexity index is 719. The molecule has 1 aliphatic carbocycles. The second-order valence-electron chi connectivity index (χ2n) is 5.25. The predicted octanol–water partition coefficient (Wildman–Crippen LogP) is 3.58. The van der Waals surface area contributed by atoms with Crippen molar-refractivity contribution in [3.8, 4) is 29.8 Å². The number of hydrogen-bond donors (Lipinski definition) is 0. The highest BCUT2D eigenvalue weighted by Gasteiger charge is 2.30. The number of allylic oxidation sites excluding steroid dienone is 2. The summed E-state index contributed by atoms with van der Waals surface area (Å²) in [5.41, 5.74) is 1.56. The van der Waals surface area contributed by atoms with Gasteiger partial charge in [0.05, 0.1) is 5.57 Å². The molecule has 0 radical (unpaired) electrons. The minimum atomic E-state index is 0.395. The summed E-state index contributed by atoms with van der Waals surface area (Å²) in [6, 6.07) is 12.7. The van der Waals surface area contributed by atoms with E-state index in [0.29, 0.717) is 17.5 Å². The van der Waals surface area contributed by atoms with Crippen LogP contribution in [0.15, 0.2) is 54.4 Å². The highest BCUT2D eigenvalue weighted by atomic mass is 15.1. The monoisotopic (exact) mass is 273 g/mol. The molecule has 1 aromatic heterocycles. The van der Waals surface area contributed by atoms with Crippen molar-refractivity contribution in [2.24, 2.45) is 5.92 Å². The van der Waals surface area contributed by atoms with Crippen LogP contribution in [0.5, 0.6) is 0 Å². The van der Waals surface area contributed by atoms with Gasteiger partial charge in [0.2, 0.25) is 0 Å². The van der Waals surface area contributed by atoms with E-state index in [2.05, 4.69) is 27.6 Å². The van der Waals surface area contributed by atoms with E-state index >= 15 is 0 Å². The van der Waals surface area contributed by atoms with Gasteiger partial charge in [0, 0.05) is 24.0 Å². The summed E-state index contributed by atoms with van der Waals surface area (Å²) in [5, 5.41) is 8.86. The molecule has 1 heterocycles. The summed E-state index contributed by atoms with van der Waals surface area (Å²) in [4.78, 5) is 4.47. The third-order valence-corrected chi connectivity index (χ3v) is 3.92. The molecule has 21 heavy (non-hydrogen) atoms. The minimum Gasteiger partial charge on any atom is -0.328 e. The molecular formula is C18H15N3. The molecule has 0 unspecified atom stereocenters. The Labute approximate surface area is 124 Å². The molecule has 1 saturated carbocycles. The first-order valence-corrected chi connectivity index (χ1v) is 6.98. The van der Waals surface area contributed by atoms with Crippen LogP contribution in [-0.4, -0.2) is 9.55 Å². The quantitative estimate of drug-likeness (QED) is 0.633. The third kappa shape index (κ3) is 2.59. The highest BCUT2D eigenvalue weighted by Crippen LogP contribution is 2.41. The van der Waals surface area contributed by atoms with Gasteiger partial charge < -0.3 is 4.57 Å². The number of benzene rings is 1. The molecule has 102 valence electrons. The molecule has 3 rings (SSSR count). The van der Waals surface area contributed by atoms with Gasteiger partial charge in [-0.2, -0.15) is 5.26 Å². The lowest BCUT2D eigenvalue weighted by molar-refractivity contribution is 0.243. The molecule has 0 spiro atoms. The lowest BCUT2D eigenvalue weighted by atomic mass is 9.79. The maximum Gasteiger partial charge on any atom is 0.140 e. The van der Waals surface area contributed by atoms with Crippen molar-refractivity contribution in [1.29, 1.82) is 5.26 Å². The average Bonchev–Trinajstić information content (AvgIpc) is 2.96. The molecule has 0 atom stereocenters. The van der Waals surface area contributed by atoms with Crippen LogP contribution in [0.1, 0.15) is 18.9 Å². The van der Waals surface area contributed by atoms with Crippen LogP contribution in [0.25, 0.3) is 11.4 Å². The van der Waals surface area contributed by atoms with Crippen molar-refractivity contribution < 1.29 is 0 Å². The van der Waals surface area contributed by atoms with Gasteiger partial charge >= 0.3 is 0 Å². The van der Waals surface area contributed by atoms with Crippen LogP contribution in [0.3, 0.4) is 0 Å². The van der Waals surface area contributed by atoms with Crippen LogP contribution in [0, 0.1) is 29.6 Å². The first kappa shape index (κ1) is 13.2. The van der Waals surface area contributed by atoms with Crippen LogP contribution in [0.4, 0.5) is 0 Å². The van der Waals surface area contributed by atoms with E-state index in [9.17, 15) is 0 Å². The molecule has 0 amide bonds. The van der Waals surface area contributed by atoms with Gasteiger partial charge in [-0.05, 0) is 18.8 Å². The molecule has 0 saturated heterocycles. The molecule has 1 aliphatic rings. The molecule has 2 aromatic rings. The number of imidazole rings is 1. The molecule has 3 nitrogen and oxygen atoms in total. The third-order valence-electron chi connectivity index (χ3n) is 3.92. The van der Waals surface area contributed by atoms with E-state index in [1.807, 2.05) is 42.7 Å². The van der Waals surface area contributed by atoms with Crippen molar-refractivity contribution in [2.75, 3.05) is 0 Å². The van der Waals surface area contributed by atoms with Crippen LogP contribution >= 0.6 is 0 Å². The first-order chi connectivity index (χ1) is 10.3. The summed E-state index contributed by atoms with van der Waals surface area (Å²) in [5.74, 6) is 3.81. The molecule has 0 N–H and O–H groups in total. The van der Waals surface area contributed by atoms with Gasteiger partial charge in [-0.15, -0.1) is 6.42 Å². The number of terminal acetylenes is 1. The molecule has 1 fully saturated rings. The average molecular weight is 273 g/mol. The lowest BCUT2D eigenvalue weighted by Crippen LogP contribution is -2.25. The predicted molar refractivity (Wildman–Crippen MR) is 82.0 cm³/mol. The fourth-order valence-electron chi connectivity index (χ4n) is 2.76. The largest absolute Gasteiger partial charge is 0.328 e. The Kier molecular flexibility index (Phi) is 3.58. The second-order valence-corrected chi connectivity index (χ2v) is 5.25. The highest BCUT2D eigenvalue weighted by molar-refractivity contribution is 5.55. The van der Waals surface area contributed by atoms with E-state index in [-0.39, 0.29) is 0 Å². The normalized spacial score (nSPS) is 21.1. The van der Waals surface area contributed by atoms with E-state index in [1.165, 1.54) is 0 Å². The van der Waals surface area contributed by atoms with E-state index in [0.717, 1.165) is 24.2 Å². The van der Waals surface area contributed by atoms with E-state index < -0.39 is 0 Å². The Balaban J connectivity index is 1.75. The molecule has 1 aromatic carbocycles. The number of aromatic nitrogens is 2. The van der Waals surface area contributed by atoms with Gasteiger partial charge in [0.15, 0.2) is 0 Å². The van der Waals surface area contributed by atoms with Gasteiger partial charge in [0.1, 0.15) is 11.9 Å². The second kappa shape index (κ2) is 5.69. The summed E-state index contributed by atoms with van der Waals surface area (Å²) in [6.45, 7) is 0. The Morgan fingerprint density at radius 2 is 2.10 bits per heavy atom. The van der Waals surface area contributed by atoms with Crippen molar-refractivity contribution in [3.05, 3.63) is 54.4 Å². The zero-order chi connectivity index (χ0) is 14.7. The number of nitriles is 1. The fraction of sp³-hybridized carbons (Fsp3) is 0.222. The van der Waals surface area contributed by atoms with Crippen LogP contribution in [-0.2, 0) is 0 Å². The Morgan fingerprint density at radius 3 is 2.76 bits per heavy atom. The standard InChI is InChI=1S/C18H15N3/c1-2-14(13-19)10-15-11-17(12-15)21-9-8-20-18(21)16-6-4-3-5-7-16/h1,3-10,15,17H,11-12H2/b14-10-. The maximum atomic E-state index is 8.86. The topological polar surface area (TPSA) is 41.6 Å². The Hall–Kier alpha value is -2.78. The van der Waals surface area contributed by atoms with Gasteiger partial charge in [-0.3, -0.25) is 0 Å². The Morgan fingerprint density at radius 1 is 1.33 bits per heavy atom. The SMILES string of the molecule is C#C/C(C#N)=C/C1CC(n2ccnc2-c2ccccc2)C1. The fourth-order valence-corrected chi connectivity index (χ4v) is 2.76. The van der Waals surface area contributed by atoms with Crippen LogP contribution in [0.2, 0.25) is 0 Å². The zero-order valence-corrected chi connectivity index (χ0v) is 11.6. The van der Waals surface area contributed by atoms with E-state index in [4.69, 9.17) is 11.7 Å². The van der Waals surface area contributed by atoms with Crippen molar-refractivity contribution in [2.45, 2.75) is 18.9 Å². The molecule has 0 aliphatic heterocycles. The van der Waals surface area contributed by atoms with Gasteiger partial charge in [-0.25, -0.2) is 4.98 Å². The summed E-state index contributed by atoms with van der Waals surface area (Å²) in [6.07, 6.45) is 13.1. The minimum absolute atomic E-state index is 0.395. The lowest BCUT2D eigenvalue weighted by Gasteiger charge is -2.35. The number of rotatable bonds is 3. The van der Waals surface area contributed by atoms with Crippen molar-refractivity contribution >= 4 is 0 Å². The number of nitrogens with zero attached hydrogens (tertiary/aromatic N) is 3. The smallest absolute Gasteiger partial charge is 0.140 e. The molecule has 0 bridgehead atoms. The summed E-state index contributed by atoms with van der Waals surface area (Å²) >= 11 is 0. The van der Waals surface area contributed by atoms with E-state index in [1.54, 1.807) is 0 Å². The first-order valence-electron chi connectivity index (χ1n) is 6.98. The maximum absolute atomic E-state index is 8.86. The summed E-state index contributed by atoms with van der Waals surface area (Å²) < 4.78 is 2.22. The van der Waals surface area contributed by atoms with Crippen molar-refractivity contribution in [3.63, 3.8) is 0 Å². The zero-order valence-electron chi connectivity index (χ0n) is 11.6. The van der Waals surface area contributed by atoms with Gasteiger partial charge in [0.25, 0.3) is 0 Å².